The maximum absolute atomic E-state index is 5.83. The standard InChI is InChI=1S/C12H22N2O2/c1-2-16-12(9-5-6-9)11(14-13)10-4-3-7-15-8-10/h8-9,11-12,14H,2-7,13H2,1H3. The van der Waals surface area contributed by atoms with Crippen molar-refractivity contribution in [2.24, 2.45) is 11.8 Å². The largest absolute Gasteiger partial charge is 0.501 e. The molecule has 2 atom stereocenters. The third-order valence-electron chi connectivity index (χ3n) is 3.32. The lowest BCUT2D eigenvalue weighted by Gasteiger charge is -2.30. The molecule has 0 saturated heterocycles. The summed E-state index contributed by atoms with van der Waals surface area (Å²) in [7, 11) is 0. The van der Waals surface area contributed by atoms with Gasteiger partial charge in [0.15, 0.2) is 0 Å². The Morgan fingerprint density at radius 1 is 1.62 bits per heavy atom. The summed E-state index contributed by atoms with van der Waals surface area (Å²) in [4.78, 5) is 0. The average Bonchev–Trinajstić information content (AvgIpc) is 3.14. The van der Waals surface area contributed by atoms with E-state index in [-0.39, 0.29) is 12.1 Å². The van der Waals surface area contributed by atoms with Crippen LogP contribution in [0.4, 0.5) is 0 Å². The zero-order valence-corrected chi connectivity index (χ0v) is 9.95. The smallest absolute Gasteiger partial charge is 0.0876 e. The quantitative estimate of drug-likeness (QED) is 0.530. The van der Waals surface area contributed by atoms with Gasteiger partial charge < -0.3 is 9.47 Å². The maximum atomic E-state index is 5.83. The van der Waals surface area contributed by atoms with E-state index in [4.69, 9.17) is 15.3 Å². The molecule has 4 heteroatoms. The van der Waals surface area contributed by atoms with Crippen molar-refractivity contribution in [1.29, 1.82) is 0 Å². The van der Waals surface area contributed by atoms with E-state index < -0.39 is 0 Å². The van der Waals surface area contributed by atoms with Crippen LogP contribution in [-0.4, -0.2) is 25.4 Å². The number of nitrogens with one attached hydrogen (secondary N) is 1. The molecule has 2 aliphatic rings. The van der Waals surface area contributed by atoms with Crippen molar-refractivity contribution in [2.45, 2.75) is 44.8 Å². The van der Waals surface area contributed by atoms with Crippen LogP contribution >= 0.6 is 0 Å². The molecule has 1 aliphatic carbocycles. The van der Waals surface area contributed by atoms with Gasteiger partial charge in [0.25, 0.3) is 0 Å². The van der Waals surface area contributed by atoms with Crippen molar-refractivity contribution < 1.29 is 9.47 Å². The van der Waals surface area contributed by atoms with Crippen molar-refractivity contribution in [3.63, 3.8) is 0 Å². The van der Waals surface area contributed by atoms with E-state index in [0.717, 1.165) is 26.1 Å². The summed E-state index contributed by atoms with van der Waals surface area (Å²) >= 11 is 0. The number of nitrogens with two attached hydrogens (primary N) is 1. The highest BCUT2D eigenvalue weighted by molar-refractivity contribution is 5.14. The van der Waals surface area contributed by atoms with Gasteiger partial charge >= 0.3 is 0 Å². The Labute approximate surface area is 97.1 Å². The molecule has 4 nitrogen and oxygen atoms in total. The average molecular weight is 226 g/mol. The number of hydrogen-bond acceptors (Lipinski definition) is 4. The highest BCUT2D eigenvalue weighted by Gasteiger charge is 2.38. The topological polar surface area (TPSA) is 56.5 Å². The third kappa shape index (κ3) is 2.75. The summed E-state index contributed by atoms with van der Waals surface area (Å²) in [6.07, 6.45) is 6.73. The van der Waals surface area contributed by atoms with Gasteiger partial charge in [-0.15, -0.1) is 0 Å². The van der Waals surface area contributed by atoms with Crippen molar-refractivity contribution in [1.82, 2.24) is 5.43 Å². The number of rotatable bonds is 6. The Morgan fingerprint density at radius 2 is 2.44 bits per heavy atom. The third-order valence-corrected chi connectivity index (χ3v) is 3.32. The summed E-state index contributed by atoms with van der Waals surface area (Å²) in [5.41, 5.74) is 4.15. The summed E-state index contributed by atoms with van der Waals surface area (Å²) in [5.74, 6) is 6.34. The molecule has 1 fully saturated rings. The Kier molecular flexibility index (Phi) is 4.21. The fourth-order valence-corrected chi connectivity index (χ4v) is 2.35. The minimum atomic E-state index is 0.118. The minimum absolute atomic E-state index is 0.118. The molecular formula is C12H22N2O2. The first-order chi connectivity index (χ1) is 7.86. The van der Waals surface area contributed by atoms with Gasteiger partial charge in [0, 0.05) is 6.61 Å². The first kappa shape index (κ1) is 11.9. The molecule has 1 aliphatic heterocycles. The molecule has 0 aromatic carbocycles. The van der Waals surface area contributed by atoms with Gasteiger partial charge in [-0.05, 0) is 44.1 Å². The van der Waals surface area contributed by atoms with E-state index in [1.807, 2.05) is 13.2 Å². The fraction of sp³-hybridized carbons (Fsp3) is 0.833. The maximum Gasteiger partial charge on any atom is 0.0876 e. The second-order valence-corrected chi connectivity index (χ2v) is 4.57. The molecule has 2 unspecified atom stereocenters. The second kappa shape index (κ2) is 5.66. The predicted molar refractivity (Wildman–Crippen MR) is 62.5 cm³/mol. The zero-order valence-electron chi connectivity index (χ0n) is 9.95. The highest BCUT2D eigenvalue weighted by Crippen LogP contribution is 2.38. The Morgan fingerprint density at radius 3 is 2.94 bits per heavy atom. The molecule has 0 radical (unpaired) electrons. The summed E-state index contributed by atoms with van der Waals surface area (Å²) in [6, 6.07) is 0.118. The van der Waals surface area contributed by atoms with Gasteiger partial charge in [0.05, 0.1) is 25.0 Å². The van der Waals surface area contributed by atoms with Crippen LogP contribution < -0.4 is 11.3 Å². The van der Waals surface area contributed by atoms with Crippen molar-refractivity contribution in [3.8, 4) is 0 Å². The van der Waals surface area contributed by atoms with Crippen LogP contribution in [0, 0.1) is 5.92 Å². The van der Waals surface area contributed by atoms with Crippen molar-refractivity contribution in [2.75, 3.05) is 13.2 Å². The van der Waals surface area contributed by atoms with Crippen LogP contribution in [0.2, 0.25) is 0 Å². The highest BCUT2D eigenvalue weighted by atomic mass is 16.5. The van der Waals surface area contributed by atoms with Crippen LogP contribution in [0.1, 0.15) is 32.6 Å². The van der Waals surface area contributed by atoms with Crippen LogP contribution in [0.5, 0.6) is 0 Å². The normalized spacial score (nSPS) is 24.5. The van der Waals surface area contributed by atoms with E-state index in [2.05, 4.69) is 5.43 Å². The van der Waals surface area contributed by atoms with Gasteiger partial charge in [-0.3, -0.25) is 11.3 Å². The molecule has 1 heterocycles. The predicted octanol–water partition coefficient (Wildman–Crippen LogP) is 1.33. The van der Waals surface area contributed by atoms with Crippen molar-refractivity contribution in [3.05, 3.63) is 11.8 Å². The lowest BCUT2D eigenvalue weighted by molar-refractivity contribution is 0.0250. The SMILES string of the molecule is CCOC(C1CC1)C(NN)C1=COCCC1. The molecular weight excluding hydrogens is 204 g/mol. The summed E-state index contributed by atoms with van der Waals surface area (Å²) in [6.45, 7) is 3.60. The molecule has 0 spiro atoms. The van der Waals surface area contributed by atoms with E-state index in [1.54, 1.807) is 0 Å². The summed E-state index contributed by atoms with van der Waals surface area (Å²) in [5, 5.41) is 0. The van der Waals surface area contributed by atoms with E-state index >= 15 is 0 Å². The zero-order chi connectivity index (χ0) is 11.4. The van der Waals surface area contributed by atoms with E-state index in [9.17, 15) is 0 Å². The van der Waals surface area contributed by atoms with Crippen molar-refractivity contribution >= 4 is 0 Å². The van der Waals surface area contributed by atoms with Crippen LogP contribution in [0.3, 0.4) is 0 Å². The van der Waals surface area contributed by atoms with Crippen LogP contribution in [0.25, 0.3) is 0 Å². The van der Waals surface area contributed by atoms with Gasteiger partial charge in [-0.2, -0.15) is 0 Å². The first-order valence-electron chi connectivity index (χ1n) is 6.25. The monoisotopic (exact) mass is 226 g/mol. The summed E-state index contributed by atoms with van der Waals surface area (Å²) < 4.78 is 11.2. The van der Waals surface area contributed by atoms with Crippen LogP contribution in [-0.2, 0) is 9.47 Å². The second-order valence-electron chi connectivity index (χ2n) is 4.57. The van der Waals surface area contributed by atoms with E-state index in [0.29, 0.717) is 5.92 Å². The molecule has 0 amide bonds. The van der Waals surface area contributed by atoms with E-state index in [1.165, 1.54) is 18.4 Å². The van der Waals surface area contributed by atoms with Gasteiger partial charge in [0.1, 0.15) is 0 Å². The molecule has 3 N–H and O–H groups in total. The van der Waals surface area contributed by atoms with Crippen LogP contribution in [0.15, 0.2) is 11.8 Å². The minimum Gasteiger partial charge on any atom is -0.501 e. The number of hydrogen-bond donors (Lipinski definition) is 2. The van der Waals surface area contributed by atoms with Gasteiger partial charge in [-0.1, -0.05) is 0 Å². The van der Waals surface area contributed by atoms with Gasteiger partial charge in [0.2, 0.25) is 0 Å². The molecule has 0 bridgehead atoms. The fourth-order valence-electron chi connectivity index (χ4n) is 2.35. The Bertz CT molecular complexity index is 251. The molecule has 2 rings (SSSR count). The number of ether oxygens (including phenoxy) is 2. The first-order valence-corrected chi connectivity index (χ1v) is 6.25. The Balaban J connectivity index is 2.02. The molecule has 92 valence electrons. The Hall–Kier alpha value is -0.580. The molecule has 0 aromatic rings. The van der Waals surface area contributed by atoms with Gasteiger partial charge in [-0.25, -0.2) is 0 Å². The number of hydrazine groups is 1. The molecule has 0 aromatic heterocycles. The molecule has 16 heavy (non-hydrogen) atoms. The lowest BCUT2D eigenvalue weighted by atomic mass is 9.95. The molecule has 1 saturated carbocycles. The lowest BCUT2D eigenvalue weighted by Crippen LogP contribution is -2.48.